The third kappa shape index (κ3) is 3.08. The van der Waals surface area contributed by atoms with Crippen LogP contribution in [-0.2, 0) is 14.6 Å². The molecule has 2 N–H and O–H groups in total. The highest BCUT2D eigenvalue weighted by Crippen LogP contribution is 2.15. The summed E-state index contributed by atoms with van der Waals surface area (Å²) in [5.41, 5.74) is 0.612. The Bertz CT molecular complexity index is 531. The molecule has 0 saturated carbocycles. The summed E-state index contributed by atoms with van der Waals surface area (Å²) in [6.45, 7) is 0.866. The third-order valence-corrected chi connectivity index (χ3v) is 4.06. The number of benzene rings is 1. The van der Waals surface area contributed by atoms with Gasteiger partial charge in [-0.15, -0.1) is 0 Å². The van der Waals surface area contributed by atoms with Crippen LogP contribution in [0.4, 0.5) is 5.69 Å². The maximum Gasteiger partial charge on any atom is 0.241 e. The molecular formula is C12H16N2O3S. The van der Waals surface area contributed by atoms with Gasteiger partial charge in [0.1, 0.15) is 0 Å². The van der Waals surface area contributed by atoms with Crippen LogP contribution in [-0.4, -0.2) is 33.2 Å². The Morgan fingerprint density at radius 1 is 1.33 bits per heavy atom. The molecule has 1 atom stereocenters. The van der Waals surface area contributed by atoms with Crippen LogP contribution in [0.1, 0.15) is 12.8 Å². The van der Waals surface area contributed by atoms with E-state index in [-0.39, 0.29) is 16.8 Å². The van der Waals surface area contributed by atoms with Gasteiger partial charge in [0, 0.05) is 11.9 Å². The Morgan fingerprint density at radius 3 is 2.50 bits per heavy atom. The summed E-state index contributed by atoms with van der Waals surface area (Å²) in [7, 11) is -3.19. The van der Waals surface area contributed by atoms with Gasteiger partial charge in [-0.25, -0.2) is 8.42 Å². The van der Waals surface area contributed by atoms with Crippen molar-refractivity contribution in [3.63, 3.8) is 0 Å². The smallest absolute Gasteiger partial charge is 0.241 e. The van der Waals surface area contributed by atoms with E-state index in [0.29, 0.717) is 5.69 Å². The first-order valence-electron chi connectivity index (χ1n) is 5.81. The number of rotatable bonds is 3. The molecule has 1 aliphatic rings. The minimum absolute atomic E-state index is 0.0698. The third-order valence-electron chi connectivity index (χ3n) is 2.93. The van der Waals surface area contributed by atoms with Crippen LogP contribution in [0.5, 0.6) is 0 Å². The lowest BCUT2D eigenvalue weighted by molar-refractivity contribution is -0.117. The SMILES string of the molecule is CS(=O)(=O)c1ccc(NC(=O)[C@@H]2CCCN2)cc1. The van der Waals surface area contributed by atoms with Crippen LogP contribution in [0.25, 0.3) is 0 Å². The second-order valence-electron chi connectivity index (χ2n) is 4.43. The number of sulfone groups is 1. The van der Waals surface area contributed by atoms with Crippen LogP contribution >= 0.6 is 0 Å². The summed E-state index contributed by atoms with van der Waals surface area (Å²) in [5, 5.41) is 5.87. The Balaban J connectivity index is 2.04. The van der Waals surface area contributed by atoms with E-state index in [1.54, 1.807) is 12.1 Å². The van der Waals surface area contributed by atoms with Crippen molar-refractivity contribution < 1.29 is 13.2 Å². The molecule has 0 aliphatic carbocycles. The van der Waals surface area contributed by atoms with Gasteiger partial charge in [0.2, 0.25) is 5.91 Å². The first kappa shape index (κ1) is 13.0. The van der Waals surface area contributed by atoms with Crippen molar-refractivity contribution in [1.82, 2.24) is 5.32 Å². The average Bonchev–Trinajstić information content (AvgIpc) is 2.82. The summed E-state index contributed by atoms with van der Waals surface area (Å²) in [4.78, 5) is 12.1. The van der Waals surface area contributed by atoms with Crippen molar-refractivity contribution in [2.45, 2.75) is 23.8 Å². The number of nitrogens with one attached hydrogen (secondary N) is 2. The normalized spacial score (nSPS) is 19.7. The van der Waals surface area contributed by atoms with Gasteiger partial charge >= 0.3 is 0 Å². The molecule has 0 bridgehead atoms. The van der Waals surface area contributed by atoms with Gasteiger partial charge in [-0.2, -0.15) is 0 Å². The Labute approximate surface area is 107 Å². The van der Waals surface area contributed by atoms with E-state index >= 15 is 0 Å². The predicted molar refractivity (Wildman–Crippen MR) is 69.2 cm³/mol. The predicted octanol–water partition coefficient (Wildman–Crippen LogP) is 0.781. The van der Waals surface area contributed by atoms with E-state index in [1.165, 1.54) is 12.1 Å². The fraction of sp³-hybridized carbons (Fsp3) is 0.417. The van der Waals surface area contributed by atoms with Crippen molar-refractivity contribution in [3.8, 4) is 0 Å². The van der Waals surface area contributed by atoms with Crippen molar-refractivity contribution in [1.29, 1.82) is 0 Å². The minimum Gasteiger partial charge on any atom is -0.325 e. The average molecular weight is 268 g/mol. The summed E-state index contributed by atoms with van der Waals surface area (Å²) in [6, 6.07) is 6.05. The standard InChI is InChI=1S/C12H16N2O3S/c1-18(16,17)10-6-4-9(5-7-10)14-12(15)11-3-2-8-13-11/h4-7,11,13H,2-3,8H2,1H3,(H,14,15)/t11-/m0/s1. The fourth-order valence-corrected chi connectivity index (χ4v) is 2.55. The maximum absolute atomic E-state index is 11.8. The van der Waals surface area contributed by atoms with Crippen LogP contribution in [0.3, 0.4) is 0 Å². The molecule has 0 unspecified atom stereocenters. The van der Waals surface area contributed by atoms with Gasteiger partial charge in [-0.05, 0) is 43.7 Å². The second kappa shape index (κ2) is 5.07. The number of amides is 1. The zero-order chi connectivity index (χ0) is 13.2. The highest BCUT2D eigenvalue weighted by molar-refractivity contribution is 7.90. The number of anilines is 1. The van der Waals surface area contributed by atoms with E-state index in [2.05, 4.69) is 10.6 Å². The van der Waals surface area contributed by atoms with Crippen molar-refractivity contribution in [3.05, 3.63) is 24.3 Å². The number of carbonyl (C=O) groups is 1. The van der Waals surface area contributed by atoms with E-state index in [0.717, 1.165) is 25.6 Å². The highest BCUT2D eigenvalue weighted by atomic mass is 32.2. The van der Waals surface area contributed by atoms with Gasteiger partial charge in [0.05, 0.1) is 10.9 Å². The molecular weight excluding hydrogens is 252 g/mol. The van der Waals surface area contributed by atoms with Gasteiger partial charge in [0.25, 0.3) is 0 Å². The summed E-state index contributed by atoms with van der Waals surface area (Å²) < 4.78 is 22.6. The van der Waals surface area contributed by atoms with Gasteiger partial charge in [-0.3, -0.25) is 4.79 Å². The molecule has 1 fully saturated rings. The molecule has 0 radical (unpaired) electrons. The maximum atomic E-state index is 11.8. The summed E-state index contributed by atoms with van der Waals surface area (Å²) in [5.74, 6) is -0.0698. The number of carbonyl (C=O) groups excluding carboxylic acids is 1. The van der Waals surface area contributed by atoms with Crippen LogP contribution in [0.2, 0.25) is 0 Å². The largest absolute Gasteiger partial charge is 0.325 e. The molecule has 98 valence electrons. The van der Waals surface area contributed by atoms with E-state index in [1.807, 2.05) is 0 Å². The molecule has 1 aromatic rings. The van der Waals surface area contributed by atoms with Crippen LogP contribution in [0, 0.1) is 0 Å². The number of hydrogen-bond donors (Lipinski definition) is 2. The highest BCUT2D eigenvalue weighted by Gasteiger charge is 2.21. The molecule has 2 rings (SSSR count). The van der Waals surface area contributed by atoms with Crippen molar-refractivity contribution in [2.75, 3.05) is 18.1 Å². The zero-order valence-corrected chi connectivity index (χ0v) is 11.0. The lowest BCUT2D eigenvalue weighted by atomic mass is 10.2. The quantitative estimate of drug-likeness (QED) is 0.849. The van der Waals surface area contributed by atoms with Crippen molar-refractivity contribution >= 4 is 21.4 Å². The molecule has 5 nitrogen and oxygen atoms in total. The topological polar surface area (TPSA) is 75.3 Å². The molecule has 0 aromatic heterocycles. The first-order valence-corrected chi connectivity index (χ1v) is 7.70. The number of hydrogen-bond acceptors (Lipinski definition) is 4. The first-order chi connectivity index (χ1) is 8.47. The van der Waals surface area contributed by atoms with E-state index in [4.69, 9.17) is 0 Å². The van der Waals surface area contributed by atoms with Gasteiger partial charge in [0.15, 0.2) is 9.84 Å². The second-order valence-corrected chi connectivity index (χ2v) is 6.45. The van der Waals surface area contributed by atoms with E-state index in [9.17, 15) is 13.2 Å². The minimum atomic E-state index is -3.19. The van der Waals surface area contributed by atoms with Crippen molar-refractivity contribution in [2.24, 2.45) is 0 Å². The molecule has 1 saturated heterocycles. The molecule has 6 heteroatoms. The van der Waals surface area contributed by atoms with Crippen LogP contribution < -0.4 is 10.6 Å². The Kier molecular flexibility index (Phi) is 3.68. The van der Waals surface area contributed by atoms with Gasteiger partial charge in [-0.1, -0.05) is 0 Å². The van der Waals surface area contributed by atoms with Crippen LogP contribution in [0.15, 0.2) is 29.2 Å². The summed E-state index contributed by atoms with van der Waals surface area (Å²) in [6.07, 6.45) is 3.00. The van der Waals surface area contributed by atoms with Gasteiger partial charge < -0.3 is 10.6 Å². The molecule has 1 aromatic carbocycles. The molecule has 1 amide bonds. The molecule has 0 spiro atoms. The fourth-order valence-electron chi connectivity index (χ4n) is 1.92. The zero-order valence-electron chi connectivity index (χ0n) is 10.1. The summed E-state index contributed by atoms with van der Waals surface area (Å²) >= 11 is 0. The molecule has 18 heavy (non-hydrogen) atoms. The lowest BCUT2D eigenvalue weighted by Gasteiger charge is -2.11. The monoisotopic (exact) mass is 268 g/mol. The Morgan fingerprint density at radius 2 is 2.00 bits per heavy atom. The Hall–Kier alpha value is -1.40. The van der Waals surface area contributed by atoms with E-state index < -0.39 is 9.84 Å². The lowest BCUT2D eigenvalue weighted by Crippen LogP contribution is -2.35. The molecule has 1 aliphatic heterocycles. The molecule has 1 heterocycles.